The fourth-order valence-electron chi connectivity index (χ4n) is 2.37. The molecule has 0 spiro atoms. The van der Waals surface area contributed by atoms with Gasteiger partial charge in [0.25, 0.3) is 0 Å². The van der Waals surface area contributed by atoms with Gasteiger partial charge in [-0.05, 0) is 43.5 Å². The van der Waals surface area contributed by atoms with Gasteiger partial charge in [-0.3, -0.25) is 4.79 Å². The normalized spacial score (nSPS) is 20.6. The van der Waals surface area contributed by atoms with Gasteiger partial charge in [-0.25, -0.2) is 0 Å². The number of carbonyl (C=O) groups is 1. The molecule has 2 rings (SSSR count). The van der Waals surface area contributed by atoms with E-state index in [0.717, 1.165) is 34.8 Å². The summed E-state index contributed by atoms with van der Waals surface area (Å²) in [7, 11) is 0. The molecule has 0 bridgehead atoms. The van der Waals surface area contributed by atoms with Gasteiger partial charge in [0.2, 0.25) is 5.91 Å². The van der Waals surface area contributed by atoms with Crippen LogP contribution < -0.4 is 4.90 Å². The molecule has 1 aromatic carbocycles. The topological polar surface area (TPSA) is 20.3 Å². The van der Waals surface area contributed by atoms with Crippen LogP contribution in [0.15, 0.2) is 12.1 Å². The van der Waals surface area contributed by atoms with E-state index < -0.39 is 0 Å². The Bertz CT molecular complexity index is 419. The van der Waals surface area contributed by atoms with E-state index in [4.69, 9.17) is 11.6 Å². The summed E-state index contributed by atoms with van der Waals surface area (Å²) in [5, 5.41) is 0.735. The Morgan fingerprint density at radius 3 is 2.31 bits per heavy atom. The van der Waals surface area contributed by atoms with Gasteiger partial charge in [0, 0.05) is 23.2 Å². The van der Waals surface area contributed by atoms with Gasteiger partial charge < -0.3 is 4.90 Å². The van der Waals surface area contributed by atoms with E-state index in [1.54, 1.807) is 0 Å². The highest BCUT2D eigenvalue weighted by Gasteiger charge is 2.30. The SMILES string of the molecule is Cc1cc(Cl)cc(C)c1N1CCC(C)C1=O. The van der Waals surface area contributed by atoms with Crippen LogP contribution in [0.3, 0.4) is 0 Å². The maximum atomic E-state index is 12.0. The summed E-state index contributed by atoms with van der Waals surface area (Å²) in [5.74, 6) is 0.378. The van der Waals surface area contributed by atoms with Crippen molar-refractivity contribution in [3.8, 4) is 0 Å². The molecule has 0 aliphatic carbocycles. The molecule has 1 aliphatic heterocycles. The summed E-state index contributed by atoms with van der Waals surface area (Å²) >= 11 is 5.99. The van der Waals surface area contributed by atoms with E-state index in [1.807, 2.05) is 37.8 Å². The molecule has 1 heterocycles. The van der Waals surface area contributed by atoms with Gasteiger partial charge in [-0.1, -0.05) is 18.5 Å². The number of hydrogen-bond acceptors (Lipinski definition) is 1. The van der Waals surface area contributed by atoms with E-state index in [2.05, 4.69) is 0 Å². The molecule has 3 heteroatoms. The molecule has 2 nitrogen and oxygen atoms in total. The summed E-state index contributed by atoms with van der Waals surface area (Å²) < 4.78 is 0. The van der Waals surface area contributed by atoms with E-state index in [1.165, 1.54) is 0 Å². The molecular formula is C13H16ClNO. The molecule has 0 N–H and O–H groups in total. The zero-order valence-electron chi connectivity index (χ0n) is 9.88. The van der Waals surface area contributed by atoms with Crippen LogP contribution in [-0.4, -0.2) is 12.5 Å². The van der Waals surface area contributed by atoms with Crippen molar-refractivity contribution in [2.75, 3.05) is 11.4 Å². The minimum Gasteiger partial charge on any atom is -0.312 e. The predicted octanol–water partition coefficient (Wildman–Crippen LogP) is 3.33. The van der Waals surface area contributed by atoms with Gasteiger partial charge in [0.15, 0.2) is 0 Å². The van der Waals surface area contributed by atoms with Crippen LogP contribution >= 0.6 is 11.6 Å². The van der Waals surface area contributed by atoms with Crippen LogP contribution in [0.4, 0.5) is 5.69 Å². The number of benzene rings is 1. The summed E-state index contributed by atoms with van der Waals surface area (Å²) in [5.41, 5.74) is 3.19. The van der Waals surface area contributed by atoms with Crippen molar-refractivity contribution in [1.29, 1.82) is 0 Å². The monoisotopic (exact) mass is 237 g/mol. The largest absolute Gasteiger partial charge is 0.312 e. The summed E-state index contributed by atoms with van der Waals surface area (Å²) in [6.07, 6.45) is 0.945. The van der Waals surface area contributed by atoms with E-state index in [9.17, 15) is 4.79 Å². The molecule has 0 saturated carbocycles. The molecular weight excluding hydrogens is 222 g/mol. The standard InChI is InChI=1S/C13H16ClNO/c1-8-4-5-15(13(8)16)12-9(2)6-11(14)7-10(12)3/h6-8H,4-5H2,1-3H3. The molecule has 1 unspecified atom stereocenters. The Hall–Kier alpha value is -1.02. The Labute approximate surface area is 101 Å². The highest BCUT2D eigenvalue weighted by molar-refractivity contribution is 6.30. The lowest BCUT2D eigenvalue weighted by molar-refractivity contribution is -0.119. The first-order chi connectivity index (χ1) is 7.50. The highest BCUT2D eigenvalue weighted by Crippen LogP contribution is 2.32. The Kier molecular flexibility index (Phi) is 2.94. The number of amides is 1. The number of rotatable bonds is 1. The smallest absolute Gasteiger partial charge is 0.229 e. The van der Waals surface area contributed by atoms with Gasteiger partial charge in [-0.15, -0.1) is 0 Å². The molecule has 0 aromatic heterocycles. The number of halogens is 1. The van der Waals surface area contributed by atoms with Crippen molar-refractivity contribution in [1.82, 2.24) is 0 Å². The Balaban J connectivity index is 2.45. The molecule has 1 fully saturated rings. The average Bonchev–Trinajstić information content (AvgIpc) is 2.48. The van der Waals surface area contributed by atoms with E-state index in [-0.39, 0.29) is 11.8 Å². The number of nitrogens with zero attached hydrogens (tertiary/aromatic N) is 1. The lowest BCUT2D eigenvalue weighted by atomic mass is 10.1. The van der Waals surface area contributed by atoms with Gasteiger partial charge in [0.05, 0.1) is 0 Å². The number of anilines is 1. The maximum Gasteiger partial charge on any atom is 0.229 e. The van der Waals surface area contributed by atoms with Gasteiger partial charge in [0.1, 0.15) is 0 Å². The number of hydrogen-bond donors (Lipinski definition) is 0. The fourth-order valence-corrected chi connectivity index (χ4v) is 2.70. The number of aryl methyl sites for hydroxylation is 2. The minimum atomic E-state index is 0.148. The van der Waals surface area contributed by atoms with E-state index >= 15 is 0 Å². The van der Waals surface area contributed by atoms with Crippen molar-refractivity contribution in [3.05, 3.63) is 28.3 Å². The third kappa shape index (κ3) is 1.82. The van der Waals surface area contributed by atoms with Crippen LogP contribution in [0, 0.1) is 19.8 Å². The Morgan fingerprint density at radius 1 is 1.31 bits per heavy atom. The molecule has 1 aromatic rings. The first kappa shape index (κ1) is 11.5. The minimum absolute atomic E-state index is 0.148. The van der Waals surface area contributed by atoms with Crippen LogP contribution in [-0.2, 0) is 4.79 Å². The quantitative estimate of drug-likeness (QED) is 0.734. The molecule has 1 atom stereocenters. The van der Waals surface area contributed by atoms with Crippen molar-refractivity contribution in [3.63, 3.8) is 0 Å². The Morgan fingerprint density at radius 2 is 1.88 bits per heavy atom. The molecule has 1 aliphatic rings. The number of carbonyl (C=O) groups excluding carboxylic acids is 1. The zero-order chi connectivity index (χ0) is 11.9. The lowest BCUT2D eigenvalue weighted by Gasteiger charge is -2.21. The van der Waals surface area contributed by atoms with E-state index in [0.29, 0.717) is 0 Å². The summed E-state index contributed by atoms with van der Waals surface area (Å²) in [4.78, 5) is 13.9. The molecule has 0 radical (unpaired) electrons. The first-order valence-electron chi connectivity index (χ1n) is 5.59. The second-order valence-electron chi connectivity index (χ2n) is 4.57. The van der Waals surface area contributed by atoms with Gasteiger partial charge in [-0.2, -0.15) is 0 Å². The summed E-state index contributed by atoms with van der Waals surface area (Å²) in [6, 6.07) is 3.83. The van der Waals surface area contributed by atoms with Crippen LogP contribution in [0.5, 0.6) is 0 Å². The third-order valence-electron chi connectivity index (χ3n) is 3.20. The first-order valence-corrected chi connectivity index (χ1v) is 5.96. The van der Waals surface area contributed by atoms with Crippen molar-refractivity contribution in [2.45, 2.75) is 27.2 Å². The average molecular weight is 238 g/mol. The fraction of sp³-hybridized carbons (Fsp3) is 0.462. The molecule has 16 heavy (non-hydrogen) atoms. The zero-order valence-corrected chi connectivity index (χ0v) is 10.6. The van der Waals surface area contributed by atoms with Crippen molar-refractivity contribution < 1.29 is 4.79 Å². The van der Waals surface area contributed by atoms with Crippen molar-refractivity contribution >= 4 is 23.2 Å². The van der Waals surface area contributed by atoms with Crippen LogP contribution in [0.2, 0.25) is 5.02 Å². The lowest BCUT2D eigenvalue weighted by Crippen LogP contribution is -2.27. The second kappa shape index (κ2) is 4.10. The predicted molar refractivity (Wildman–Crippen MR) is 67.1 cm³/mol. The second-order valence-corrected chi connectivity index (χ2v) is 5.00. The maximum absolute atomic E-state index is 12.0. The van der Waals surface area contributed by atoms with Gasteiger partial charge >= 0.3 is 0 Å². The van der Waals surface area contributed by atoms with Crippen molar-refractivity contribution in [2.24, 2.45) is 5.92 Å². The summed E-state index contributed by atoms with van der Waals surface area (Å²) in [6.45, 7) is 6.82. The van der Waals surface area contributed by atoms with Crippen LogP contribution in [0.25, 0.3) is 0 Å². The molecule has 1 amide bonds. The highest BCUT2D eigenvalue weighted by atomic mass is 35.5. The third-order valence-corrected chi connectivity index (χ3v) is 3.42. The molecule has 1 saturated heterocycles. The molecule has 86 valence electrons. The van der Waals surface area contributed by atoms with Crippen LogP contribution in [0.1, 0.15) is 24.5 Å².